The number of nitrogens with one attached hydrogen (secondary N) is 2. The summed E-state index contributed by atoms with van der Waals surface area (Å²) in [6.07, 6.45) is 3.96. The molecule has 1 aliphatic rings. The Kier molecular flexibility index (Phi) is 15.2. The number of nitrogens with zero attached hydrogens (tertiary/aromatic N) is 2. The first-order valence-electron chi connectivity index (χ1n) is 16.1. The highest BCUT2D eigenvalue weighted by Gasteiger charge is 2.37. The summed E-state index contributed by atoms with van der Waals surface area (Å²) >= 11 is 0. The van der Waals surface area contributed by atoms with Gasteiger partial charge in [0.05, 0.1) is 25.1 Å². The monoisotopic (exact) mass is 600 g/mol. The molecule has 1 aromatic carbocycles. The van der Waals surface area contributed by atoms with Crippen LogP contribution >= 0.6 is 0 Å². The van der Waals surface area contributed by atoms with E-state index in [-0.39, 0.29) is 72.5 Å². The van der Waals surface area contributed by atoms with E-state index in [1.807, 2.05) is 50.8 Å². The summed E-state index contributed by atoms with van der Waals surface area (Å²) in [4.78, 5) is 55.4. The molecule has 9 nitrogen and oxygen atoms in total. The number of benzene rings is 1. The number of likely N-dealkylation sites (N-methyl/N-ethyl adjacent to an activating group) is 1. The summed E-state index contributed by atoms with van der Waals surface area (Å²) in [6, 6.07) is 9.79. The van der Waals surface area contributed by atoms with Crippen molar-refractivity contribution >= 4 is 23.6 Å². The zero-order valence-corrected chi connectivity index (χ0v) is 27.7. The Morgan fingerprint density at radius 2 is 1.72 bits per heavy atom. The molecule has 0 spiro atoms. The highest BCUT2D eigenvalue weighted by atomic mass is 16.5. The van der Waals surface area contributed by atoms with Gasteiger partial charge in [0.1, 0.15) is 0 Å². The van der Waals surface area contributed by atoms with Crippen molar-refractivity contribution in [3.05, 3.63) is 35.9 Å². The maximum atomic E-state index is 13.7. The molecule has 1 saturated heterocycles. The van der Waals surface area contributed by atoms with Crippen LogP contribution in [-0.4, -0.2) is 84.9 Å². The lowest BCUT2D eigenvalue weighted by Gasteiger charge is -2.38. The van der Waals surface area contributed by atoms with Crippen molar-refractivity contribution in [1.82, 2.24) is 20.4 Å². The SMILES string of the molecule is CC[C@H](C)C([C@@H](CC(=O)N1CCC[C@H]1C[C@@H](C)C(=O)N[C@H](C)Cc1ccccc1)OC)N(C)C(=O)CNC(=O)CC(C)C. The standard InChI is InChI=1S/C34H56N4O5/c1-9-24(4)33(37(7)32(41)22-35-30(39)18-23(2)3)29(43-8)21-31(40)38-17-13-16-28(38)19-25(5)34(42)36-26(6)20-27-14-11-10-12-15-27/h10-12,14-15,23-26,28-29,33H,9,13,16-22H2,1-8H3,(H,35,39)(H,36,42)/t24-,25+,26+,28-,29+,33?/m0/s1. The highest BCUT2D eigenvalue weighted by molar-refractivity contribution is 5.85. The zero-order valence-electron chi connectivity index (χ0n) is 27.7. The number of ether oxygens (including phenoxy) is 1. The first-order valence-corrected chi connectivity index (χ1v) is 16.1. The first kappa shape index (κ1) is 36.3. The Labute approximate surface area is 259 Å². The second kappa shape index (κ2) is 18.0. The van der Waals surface area contributed by atoms with Gasteiger partial charge in [-0.2, -0.15) is 0 Å². The number of rotatable bonds is 17. The summed E-state index contributed by atoms with van der Waals surface area (Å²) in [5.74, 6) is -0.305. The van der Waals surface area contributed by atoms with Gasteiger partial charge >= 0.3 is 0 Å². The fourth-order valence-electron chi connectivity index (χ4n) is 6.11. The van der Waals surface area contributed by atoms with E-state index in [4.69, 9.17) is 4.74 Å². The minimum absolute atomic E-state index is 0.00670. The van der Waals surface area contributed by atoms with Gasteiger partial charge in [0.25, 0.3) is 0 Å². The van der Waals surface area contributed by atoms with Gasteiger partial charge in [-0.25, -0.2) is 0 Å². The van der Waals surface area contributed by atoms with E-state index < -0.39 is 6.10 Å². The number of hydrogen-bond acceptors (Lipinski definition) is 5. The number of likely N-dealkylation sites (tertiary alicyclic amines) is 1. The van der Waals surface area contributed by atoms with Crippen LogP contribution in [0.3, 0.4) is 0 Å². The third-order valence-electron chi connectivity index (χ3n) is 8.70. The van der Waals surface area contributed by atoms with Crippen molar-refractivity contribution in [3.8, 4) is 0 Å². The summed E-state index contributed by atoms with van der Waals surface area (Å²) in [5.41, 5.74) is 1.18. The van der Waals surface area contributed by atoms with Crippen molar-refractivity contribution < 1.29 is 23.9 Å². The van der Waals surface area contributed by atoms with E-state index in [0.717, 1.165) is 25.7 Å². The van der Waals surface area contributed by atoms with E-state index >= 15 is 0 Å². The lowest BCUT2D eigenvalue weighted by atomic mass is 9.90. The fourth-order valence-corrected chi connectivity index (χ4v) is 6.11. The molecule has 1 aliphatic heterocycles. The largest absolute Gasteiger partial charge is 0.379 e. The van der Waals surface area contributed by atoms with Crippen LogP contribution in [-0.2, 0) is 30.3 Å². The highest BCUT2D eigenvalue weighted by Crippen LogP contribution is 2.27. The molecule has 6 atom stereocenters. The molecule has 4 amide bonds. The smallest absolute Gasteiger partial charge is 0.242 e. The molecular weight excluding hydrogens is 544 g/mol. The molecule has 43 heavy (non-hydrogen) atoms. The van der Waals surface area contributed by atoms with E-state index in [1.165, 1.54) is 5.56 Å². The molecule has 1 heterocycles. The minimum Gasteiger partial charge on any atom is -0.379 e. The number of carbonyl (C=O) groups is 4. The van der Waals surface area contributed by atoms with Crippen LogP contribution < -0.4 is 10.6 Å². The van der Waals surface area contributed by atoms with Gasteiger partial charge in [-0.1, -0.05) is 71.4 Å². The van der Waals surface area contributed by atoms with Gasteiger partial charge in [-0.15, -0.1) is 0 Å². The molecule has 0 aliphatic carbocycles. The maximum Gasteiger partial charge on any atom is 0.242 e. The fraction of sp³-hybridized carbons (Fsp3) is 0.706. The molecule has 1 fully saturated rings. The predicted molar refractivity (Wildman–Crippen MR) is 170 cm³/mol. The summed E-state index contributed by atoms with van der Waals surface area (Å²) in [6.45, 7) is 12.5. The van der Waals surface area contributed by atoms with Gasteiger partial charge in [-0.3, -0.25) is 19.2 Å². The van der Waals surface area contributed by atoms with Crippen LogP contribution in [0.5, 0.6) is 0 Å². The summed E-state index contributed by atoms with van der Waals surface area (Å²) < 4.78 is 5.87. The lowest BCUT2D eigenvalue weighted by Crippen LogP contribution is -2.53. The lowest BCUT2D eigenvalue weighted by molar-refractivity contribution is -0.143. The van der Waals surface area contributed by atoms with Crippen LogP contribution in [0.25, 0.3) is 0 Å². The molecule has 2 N–H and O–H groups in total. The molecule has 1 unspecified atom stereocenters. The Morgan fingerprint density at radius 1 is 1.05 bits per heavy atom. The minimum atomic E-state index is -0.497. The Morgan fingerprint density at radius 3 is 2.33 bits per heavy atom. The Balaban J connectivity index is 2.00. The molecule has 0 radical (unpaired) electrons. The Bertz CT molecular complexity index is 1030. The normalized spacial score (nSPS) is 18.4. The van der Waals surface area contributed by atoms with Gasteiger partial charge in [0.15, 0.2) is 0 Å². The average molecular weight is 601 g/mol. The second-order valence-electron chi connectivity index (χ2n) is 12.9. The first-order chi connectivity index (χ1) is 20.4. The predicted octanol–water partition coefficient (Wildman–Crippen LogP) is 4.19. The second-order valence-corrected chi connectivity index (χ2v) is 12.9. The third kappa shape index (κ3) is 11.6. The zero-order chi connectivity index (χ0) is 32.1. The molecule has 0 bridgehead atoms. The van der Waals surface area contributed by atoms with Crippen molar-refractivity contribution in [2.24, 2.45) is 17.8 Å². The van der Waals surface area contributed by atoms with E-state index in [0.29, 0.717) is 19.4 Å². The molecule has 1 aromatic rings. The van der Waals surface area contributed by atoms with E-state index in [2.05, 4.69) is 36.6 Å². The van der Waals surface area contributed by atoms with Gasteiger partial charge in [0.2, 0.25) is 23.6 Å². The number of hydrogen-bond donors (Lipinski definition) is 2. The van der Waals surface area contributed by atoms with E-state index in [1.54, 1.807) is 19.1 Å². The van der Waals surface area contributed by atoms with E-state index in [9.17, 15) is 19.2 Å². The van der Waals surface area contributed by atoms with Crippen LogP contribution in [0.1, 0.15) is 85.6 Å². The number of amides is 4. The summed E-state index contributed by atoms with van der Waals surface area (Å²) in [5, 5.41) is 5.87. The van der Waals surface area contributed by atoms with Gasteiger partial charge < -0.3 is 25.2 Å². The third-order valence-corrected chi connectivity index (χ3v) is 8.70. The molecule has 0 aromatic heterocycles. The molecular formula is C34H56N4O5. The quantitative estimate of drug-likeness (QED) is 0.279. The van der Waals surface area contributed by atoms with Gasteiger partial charge in [0, 0.05) is 45.1 Å². The molecule has 0 saturated carbocycles. The van der Waals surface area contributed by atoms with Crippen molar-refractivity contribution in [3.63, 3.8) is 0 Å². The van der Waals surface area contributed by atoms with Gasteiger partial charge in [-0.05, 0) is 50.0 Å². The number of carbonyl (C=O) groups excluding carboxylic acids is 4. The average Bonchev–Trinajstić information content (AvgIpc) is 3.43. The summed E-state index contributed by atoms with van der Waals surface area (Å²) in [7, 11) is 3.31. The van der Waals surface area contributed by atoms with Crippen LogP contribution in [0.2, 0.25) is 0 Å². The van der Waals surface area contributed by atoms with Crippen LogP contribution in [0.4, 0.5) is 0 Å². The molecule has 242 valence electrons. The number of methoxy groups -OCH3 is 1. The van der Waals surface area contributed by atoms with Crippen molar-refractivity contribution in [1.29, 1.82) is 0 Å². The topological polar surface area (TPSA) is 108 Å². The molecule has 2 rings (SSSR count). The van der Waals surface area contributed by atoms with Crippen LogP contribution in [0, 0.1) is 17.8 Å². The Hall–Kier alpha value is -2.94. The van der Waals surface area contributed by atoms with Crippen molar-refractivity contribution in [2.45, 2.75) is 111 Å². The maximum absolute atomic E-state index is 13.7. The van der Waals surface area contributed by atoms with Crippen molar-refractivity contribution in [2.75, 3.05) is 27.2 Å². The molecule has 9 heteroatoms. The van der Waals surface area contributed by atoms with Crippen LogP contribution in [0.15, 0.2) is 30.3 Å².